The lowest BCUT2D eigenvalue weighted by atomic mass is 10.2. The highest BCUT2D eigenvalue weighted by Gasteiger charge is 2.12. The maximum absolute atomic E-state index is 12.5. The molecular formula is C20H20N4O3. The highest BCUT2D eigenvalue weighted by molar-refractivity contribution is 6.04. The summed E-state index contributed by atoms with van der Waals surface area (Å²) in [5.74, 6) is 1.22. The average Bonchev–Trinajstić information content (AvgIpc) is 3.13. The SMILES string of the molecule is C=CCOc1ccc(C(=O)Nc2ccn(Cc3ccncc3)n2)cc1OC. The van der Waals surface area contributed by atoms with Gasteiger partial charge in [0.1, 0.15) is 6.61 Å². The van der Waals surface area contributed by atoms with E-state index in [0.717, 1.165) is 5.56 Å². The van der Waals surface area contributed by atoms with Crippen molar-refractivity contribution in [2.75, 3.05) is 19.0 Å². The zero-order chi connectivity index (χ0) is 19.1. The third-order valence-corrected chi connectivity index (χ3v) is 3.76. The Kier molecular flexibility index (Phi) is 5.84. The fourth-order valence-electron chi connectivity index (χ4n) is 2.46. The molecule has 0 unspecified atom stereocenters. The summed E-state index contributed by atoms with van der Waals surface area (Å²) in [6, 6.07) is 10.6. The van der Waals surface area contributed by atoms with Gasteiger partial charge < -0.3 is 14.8 Å². The number of carbonyl (C=O) groups excluding carboxylic acids is 1. The highest BCUT2D eigenvalue weighted by atomic mass is 16.5. The number of rotatable bonds is 8. The number of methoxy groups -OCH3 is 1. The third kappa shape index (κ3) is 4.72. The van der Waals surface area contributed by atoms with Gasteiger partial charge in [0, 0.05) is 30.2 Å². The second kappa shape index (κ2) is 8.66. The van der Waals surface area contributed by atoms with E-state index < -0.39 is 0 Å². The molecular weight excluding hydrogens is 344 g/mol. The number of benzene rings is 1. The molecule has 0 bridgehead atoms. The fourth-order valence-corrected chi connectivity index (χ4v) is 2.46. The molecule has 138 valence electrons. The predicted molar refractivity (Wildman–Crippen MR) is 102 cm³/mol. The van der Waals surface area contributed by atoms with Crippen LogP contribution in [0.5, 0.6) is 11.5 Å². The van der Waals surface area contributed by atoms with Crippen molar-refractivity contribution in [3.05, 3.63) is 78.8 Å². The quantitative estimate of drug-likeness (QED) is 0.621. The molecule has 0 aliphatic rings. The summed E-state index contributed by atoms with van der Waals surface area (Å²) in [7, 11) is 1.53. The summed E-state index contributed by atoms with van der Waals surface area (Å²) < 4.78 is 12.5. The summed E-state index contributed by atoms with van der Waals surface area (Å²) in [6.07, 6.45) is 6.92. The van der Waals surface area contributed by atoms with E-state index in [4.69, 9.17) is 9.47 Å². The van der Waals surface area contributed by atoms with Crippen LogP contribution in [0.15, 0.2) is 67.6 Å². The number of amides is 1. The van der Waals surface area contributed by atoms with E-state index in [1.165, 1.54) is 7.11 Å². The predicted octanol–water partition coefficient (Wildman–Crippen LogP) is 3.15. The van der Waals surface area contributed by atoms with Crippen LogP contribution < -0.4 is 14.8 Å². The number of hydrogen-bond donors (Lipinski definition) is 1. The Morgan fingerprint density at radius 2 is 2.04 bits per heavy atom. The van der Waals surface area contributed by atoms with Gasteiger partial charge in [-0.05, 0) is 35.9 Å². The molecule has 1 N–H and O–H groups in total. The number of hydrogen-bond acceptors (Lipinski definition) is 5. The van der Waals surface area contributed by atoms with Crippen LogP contribution in [0.25, 0.3) is 0 Å². The summed E-state index contributed by atoms with van der Waals surface area (Å²) in [5, 5.41) is 7.15. The van der Waals surface area contributed by atoms with Crippen LogP contribution in [-0.2, 0) is 6.54 Å². The van der Waals surface area contributed by atoms with Gasteiger partial charge >= 0.3 is 0 Å². The van der Waals surface area contributed by atoms with E-state index in [1.54, 1.807) is 47.4 Å². The Morgan fingerprint density at radius 1 is 1.22 bits per heavy atom. The summed E-state index contributed by atoms with van der Waals surface area (Å²) >= 11 is 0. The highest BCUT2D eigenvalue weighted by Crippen LogP contribution is 2.28. The van der Waals surface area contributed by atoms with Gasteiger partial charge in [-0.15, -0.1) is 0 Å². The van der Waals surface area contributed by atoms with Gasteiger partial charge in [0.05, 0.1) is 13.7 Å². The van der Waals surface area contributed by atoms with Crippen LogP contribution in [0.2, 0.25) is 0 Å². The molecule has 0 aliphatic heterocycles. The maximum atomic E-state index is 12.5. The van der Waals surface area contributed by atoms with Gasteiger partial charge in [-0.1, -0.05) is 12.7 Å². The molecule has 0 atom stereocenters. The lowest BCUT2D eigenvalue weighted by Gasteiger charge is -2.10. The van der Waals surface area contributed by atoms with Crippen LogP contribution in [0.3, 0.4) is 0 Å². The lowest BCUT2D eigenvalue weighted by molar-refractivity contribution is 0.102. The van der Waals surface area contributed by atoms with Crippen molar-refractivity contribution < 1.29 is 14.3 Å². The van der Waals surface area contributed by atoms with E-state index in [9.17, 15) is 4.79 Å². The molecule has 0 saturated heterocycles. The number of anilines is 1. The van der Waals surface area contributed by atoms with Gasteiger partial charge in [0.2, 0.25) is 0 Å². The van der Waals surface area contributed by atoms with E-state index in [0.29, 0.717) is 36.0 Å². The first kappa shape index (κ1) is 18.2. The molecule has 2 heterocycles. The van der Waals surface area contributed by atoms with Crippen molar-refractivity contribution in [3.8, 4) is 11.5 Å². The van der Waals surface area contributed by atoms with Gasteiger partial charge in [-0.25, -0.2) is 0 Å². The molecule has 27 heavy (non-hydrogen) atoms. The molecule has 2 aromatic heterocycles. The topological polar surface area (TPSA) is 78.3 Å². The van der Waals surface area contributed by atoms with Crippen LogP contribution in [0.1, 0.15) is 15.9 Å². The molecule has 0 spiro atoms. The van der Waals surface area contributed by atoms with Crippen molar-refractivity contribution in [2.24, 2.45) is 0 Å². The lowest BCUT2D eigenvalue weighted by Crippen LogP contribution is -2.13. The van der Waals surface area contributed by atoms with Crippen molar-refractivity contribution in [2.45, 2.75) is 6.54 Å². The molecule has 0 fully saturated rings. The van der Waals surface area contributed by atoms with E-state index >= 15 is 0 Å². The number of ether oxygens (including phenoxy) is 2. The molecule has 0 aliphatic carbocycles. The molecule has 7 heteroatoms. The minimum Gasteiger partial charge on any atom is -0.493 e. The van der Waals surface area contributed by atoms with Gasteiger partial charge in [0.15, 0.2) is 17.3 Å². The number of nitrogens with one attached hydrogen (secondary N) is 1. The Morgan fingerprint density at radius 3 is 2.78 bits per heavy atom. The fraction of sp³-hybridized carbons (Fsp3) is 0.150. The zero-order valence-corrected chi connectivity index (χ0v) is 15.0. The zero-order valence-electron chi connectivity index (χ0n) is 15.0. The largest absolute Gasteiger partial charge is 0.493 e. The summed E-state index contributed by atoms with van der Waals surface area (Å²) in [5.41, 5.74) is 1.52. The molecule has 0 saturated carbocycles. The van der Waals surface area contributed by atoms with Gasteiger partial charge in [-0.2, -0.15) is 5.10 Å². The van der Waals surface area contributed by atoms with Gasteiger partial charge in [-0.3, -0.25) is 14.5 Å². The Labute approximate surface area is 157 Å². The van der Waals surface area contributed by atoms with E-state index in [2.05, 4.69) is 22.0 Å². The number of nitrogens with zero attached hydrogens (tertiary/aromatic N) is 3. The smallest absolute Gasteiger partial charge is 0.257 e. The Bertz CT molecular complexity index is 922. The standard InChI is InChI=1S/C20H20N4O3/c1-3-12-27-17-5-4-16(13-18(17)26-2)20(25)22-19-8-11-24(23-19)14-15-6-9-21-10-7-15/h3-11,13H,1,12,14H2,2H3,(H,22,23,25). The van der Waals surface area contributed by atoms with Crippen LogP contribution in [0, 0.1) is 0 Å². The minimum absolute atomic E-state index is 0.280. The molecule has 7 nitrogen and oxygen atoms in total. The molecule has 1 amide bonds. The van der Waals surface area contributed by atoms with Crippen molar-refractivity contribution in [1.82, 2.24) is 14.8 Å². The van der Waals surface area contributed by atoms with Crippen molar-refractivity contribution >= 4 is 11.7 Å². The monoisotopic (exact) mass is 364 g/mol. The summed E-state index contributed by atoms with van der Waals surface area (Å²) in [6.45, 7) is 4.57. The first-order valence-corrected chi connectivity index (χ1v) is 8.35. The Hall–Kier alpha value is -3.61. The van der Waals surface area contributed by atoms with E-state index in [1.807, 2.05) is 18.3 Å². The van der Waals surface area contributed by atoms with Crippen molar-refractivity contribution in [3.63, 3.8) is 0 Å². The van der Waals surface area contributed by atoms with Crippen molar-refractivity contribution in [1.29, 1.82) is 0 Å². The normalized spacial score (nSPS) is 10.3. The van der Waals surface area contributed by atoms with E-state index in [-0.39, 0.29) is 5.91 Å². The average molecular weight is 364 g/mol. The number of carbonyl (C=O) groups is 1. The number of pyridine rings is 1. The van der Waals surface area contributed by atoms with Crippen LogP contribution >= 0.6 is 0 Å². The second-order valence-electron chi connectivity index (χ2n) is 5.67. The molecule has 1 aromatic carbocycles. The first-order valence-electron chi connectivity index (χ1n) is 8.35. The van der Waals surface area contributed by atoms with Gasteiger partial charge in [0.25, 0.3) is 5.91 Å². The Balaban J connectivity index is 1.67. The third-order valence-electron chi connectivity index (χ3n) is 3.76. The molecule has 3 aromatic rings. The number of aromatic nitrogens is 3. The maximum Gasteiger partial charge on any atom is 0.257 e. The molecule has 0 radical (unpaired) electrons. The molecule has 3 rings (SSSR count). The first-order chi connectivity index (χ1) is 13.2. The minimum atomic E-state index is -0.280. The van der Waals surface area contributed by atoms with Crippen LogP contribution in [-0.4, -0.2) is 34.4 Å². The summed E-state index contributed by atoms with van der Waals surface area (Å²) in [4.78, 5) is 16.5. The van der Waals surface area contributed by atoms with Crippen LogP contribution in [0.4, 0.5) is 5.82 Å². The second-order valence-corrected chi connectivity index (χ2v) is 5.67.